The first kappa shape index (κ1) is 21.9. The number of hydrogen-bond acceptors (Lipinski definition) is 5. The molecule has 1 aromatic heterocycles. The van der Waals surface area contributed by atoms with E-state index in [4.69, 9.17) is 10.2 Å². The molecular formula is C19H28ClN3O3S. The van der Waals surface area contributed by atoms with E-state index < -0.39 is 10.0 Å². The number of nitrogens with two attached hydrogens (primary N) is 1. The van der Waals surface area contributed by atoms with Crippen molar-refractivity contribution in [2.75, 3.05) is 32.7 Å². The van der Waals surface area contributed by atoms with Gasteiger partial charge in [-0.2, -0.15) is 4.31 Å². The summed E-state index contributed by atoms with van der Waals surface area (Å²) in [6.07, 6.45) is 2.74. The molecule has 1 aliphatic heterocycles. The molecule has 2 heterocycles. The number of nitrogens with zero attached hydrogens (tertiary/aromatic N) is 2. The van der Waals surface area contributed by atoms with Crippen LogP contribution in [0.1, 0.15) is 24.2 Å². The zero-order valence-electron chi connectivity index (χ0n) is 15.4. The molecule has 2 aromatic rings. The quantitative estimate of drug-likeness (QED) is 0.683. The Labute approximate surface area is 167 Å². The van der Waals surface area contributed by atoms with Gasteiger partial charge in [-0.15, -0.1) is 12.4 Å². The summed E-state index contributed by atoms with van der Waals surface area (Å²) >= 11 is 0. The molecule has 0 saturated carbocycles. The van der Waals surface area contributed by atoms with E-state index in [2.05, 4.69) is 17.0 Å². The van der Waals surface area contributed by atoms with Crippen LogP contribution in [0.4, 0.5) is 0 Å². The molecule has 0 spiro atoms. The summed E-state index contributed by atoms with van der Waals surface area (Å²) < 4.78 is 32.3. The number of halogens is 1. The molecule has 150 valence electrons. The first-order valence-corrected chi connectivity index (χ1v) is 10.6. The molecule has 0 radical (unpaired) electrons. The minimum Gasteiger partial charge on any atom is -0.447 e. The third-order valence-corrected chi connectivity index (χ3v) is 6.45. The van der Waals surface area contributed by atoms with Gasteiger partial charge in [-0.1, -0.05) is 30.3 Å². The van der Waals surface area contributed by atoms with Crippen LogP contribution in [0.25, 0.3) is 0 Å². The van der Waals surface area contributed by atoms with Gasteiger partial charge in [0, 0.05) is 32.7 Å². The molecule has 27 heavy (non-hydrogen) atoms. The van der Waals surface area contributed by atoms with Gasteiger partial charge in [0.2, 0.25) is 5.09 Å². The topological polar surface area (TPSA) is 79.8 Å². The predicted octanol–water partition coefficient (Wildman–Crippen LogP) is 2.49. The van der Waals surface area contributed by atoms with Crippen LogP contribution < -0.4 is 5.73 Å². The minimum absolute atomic E-state index is 0. The van der Waals surface area contributed by atoms with Crippen molar-refractivity contribution < 1.29 is 12.8 Å². The van der Waals surface area contributed by atoms with Crippen molar-refractivity contribution in [3.8, 4) is 0 Å². The van der Waals surface area contributed by atoms with Crippen LogP contribution in [0.5, 0.6) is 0 Å². The molecule has 0 amide bonds. The highest BCUT2D eigenvalue weighted by Gasteiger charge is 2.30. The van der Waals surface area contributed by atoms with Gasteiger partial charge in [0.15, 0.2) is 0 Å². The fourth-order valence-corrected chi connectivity index (χ4v) is 4.69. The smallest absolute Gasteiger partial charge is 0.276 e. The SMILES string of the molecule is Cl.NCCN(CCc1ccccc1)Cc1ccc(S(=O)(=O)N2CCCC2)o1. The van der Waals surface area contributed by atoms with Gasteiger partial charge in [0.1, 0.15) is 5.76 Å². The predicted molar refractivity (Wildman–Crippen MR) is 108 cm³/mol. The number of sulfonamides is 1. The highest BCUT2D eigenvalue weighted by Crippen LogP contribution is 2.23. The molecule has 2 N–H and O–H groups in total. The minimum atomic E-state index is -3.50. The normalized spacial score (nSPS) is 15.2. The first-order valence-electron chi connectivity index (χ1n) is 9.15. The molecular weight excluding hydrogens is 386 g/mol. The molecule has 1 fully saturated rings. The lowest BCUT2D eigenvalue weighted by Gasteiger charge is -2.20. The average Bonchev–Trinajstić information content (AvgIpc) is 3.33. The van der Waals surface area contributed by atoms with Gasteiger partial charge in [0.05, 0.1) is 6.54 Å². The summed E-state index contributed by atoms with van der Waals surface area (Å²) in [5, 5.41) is 0.0464. The Morgan fingerprint density at radius 2 is 1.74 bits per heavy atom. The van der Waals surface area contributed by atoms with Gasteiger partial charge in [-0.3, -0.25) is 4.90 Å². The lowest BCUT2D eigenvalue weighted by molar-refractivity contribution is 0.243. The van der Waals surface area contributed by atoms with E-state index in [0.29, 0.717) is 31.9 Å². The molecule has 0 unspecified atom stereocenters. The van der Waals surface area contributed by atoms with Crippen LogP contribution in [-0.4, -0.2) is 50.3 Å². The number of benzene rings is 1. The Morgan fingerprint density at radius 3 is 2.41 bits per heavy atom. The van der Waals surface area contributed by atoms with Crippen LogP contribution in [-0.2, 0) is 23.0 Å². The van der Waals surface area contributed by atoms with Gasteiger partial charge >= 0.3 is 0 Å². The van der Waals surface area contributed by atoms with E-state index >= 15 is 0 Å². The largest absolute Gasteiger partial charge is 0.447 e. The zero-order chi connectivity index (χ0) is 18.4. The van der Waals surface area contributed by atoms with Gasteiger partial charge < -0.3 is 10.2 Å². The van der Waals surface area contributed by atoms with Crippen LogP contribution in [0, 0.1) is 0 Å². The fraction of sp³-hybridized carbons (Fsp3) is 0.474. The molecule has 0 atom stereocenters. The standard InChI is InChI=1S/C19H27N3O3S.ClH/c20-11-15-21(14-10-17-6-2-1-3-7-17)16-18-8-9-19(25-18)26(23,24)22-12-4-5-13-22;/h1-3,6-9H,4-5,10-16,20H2;1H. The van der Waals surface area contributed by atoms with Crippen LogP contribution in [0.15, 0.2) is 52.0 Å². The molecule has 0 bridgehead atoms. The van der Waals surface area contributed by atoms with E-state index in [1.54, 1.807) is 12.1 Å². The van der Waals surface area contributed by atoms with E-state index in [1.807, 2.05) is 18.2 Å². The summed E-state index contributed by atoms with van der Waals surface area (Å²) in [6, 6.07) is 13.6. The summed E-state index contributed by atoms with van der Waals surface area (Å²) in [7, 11) is -3.50. The van der Waals surface area contributed by atoms with Crippen LogP contribution >= 0.6 is 12.4 Å². The van der Waals surface area contributed by atoms with Crippen molar-refractivity contribution in [2.24, 2.45) is 5.73 Å². The summed E-state index contributed by atoms with van der Waals surface area (Å²) in [4.78, 5) is 2.19. The van der Waals surface area contributed by atoms with Gasteiger partial charge in [0.25, 0.3) is 10.0 Å². The summed E-state index contributed by atoms with van der Waals surface area (Å²) in [6.45, 7) is 3.84. The van der Waals surface area contributed by atoms with Gasteiger partial charge in [-0.05, 0) is 37.0 Å². The average molecular weight is 414 g/mol. The van der Waals surface area contributed by atoms with Crippen molar-refractivity contribution in [2.45, 2.75) is 30.9 Å². The Kier molecular flexibility index (Phi) is 8.31. The van der Waals surface area contributed by atoms with Crippen molar-refractivity contribution >= 4 is 22.4 Å². The number of hydrogen-bond donors (Lipinski definition) is 1. The Morgan fingerprint density at radius 1 is 1.04 bits per heavy atom. The maximum atomic E-state index is 12.6. The third kappa shape index (κ3) is 5.80. The Hall–Kier alpha value is -1.38. The van der Waals surface area contributed by atoms with Crippen molar-refractivity contribution in [1.82, 2.24) is 9.21 Å². The fourth-order valence-electron chi connectivity index (χ4n) is 3.24. The van der Waals surface area contributed by atoms with E-state index in [-0.39, 0.29) is 17.5 Å². The lowest BCUT2D eigenvalue weighted by atomic mass is 10.1. The molecule has 1 saturated heterocycles. The second kappa shape index (κ2) is 10.2. The lowest BCUT2D eigenvalue weighted by Crippen LogP contribution is -2.31. The third-order valence-electron chi connectivity index (χ3n) is 4.68. The number of rotatable bonds is 9. The highest BCUT2D eigenvalue weighted by molar-refractivity contribution is 7.89. The second-order valence-corrected chi connectivity index (χ2v) is 8.50. The maximum absolute atomic E-state index is 12.6. The summed E-state index contributed by atoms with van der Waals surface area (Å²) in [5.74, 6) is 0.657. The Balaban J connectivity index is 0.00000261. The monoisotopic (exact) mass is 413 g/mol. The van der Waals surface area contributed by atoms with E-state index in [9.17, 15) is 8.42 Å². The van der Waals surface area contributed by atoms with E-state index in [0.717, 1.165) is 32.4 Å². The van der Waals surface area contributed by atoms with Crippen LogP contribution in [0.2, 0.25) is 0 Å². The van der Waals surface area contributed by atoms with Crippen molar-refractivity contribution in [3.05, 3.63) is 53.8 Å². The zero-order valence-corrected chi connectivity index (χ0v) is 17.1. The number of furan rings is 1. The van der Waals surface area contributed by atoms with Crippen molar-refractivity contribution in [3.63, 3.8) is 0 Å². The maximum Gasteiger partial charge on any atom is 0.276 e. The highest BCUT2D eigenvalue weighted by atomic mass is 35.5. The molecule has 6 nitrogen and oxygen atoms in total. The second-order valence-electron chi connectivity index (χ2n) is 6.63. The molecule has 1 aliphatic rings. The molecule has 1 aromatic carbocycles. The van der Waals surface area contributed by atoms with E-state index in [1.165, 1.54) is 9.87 Å². The summed E-state index contributed by atoms with van der Waals surface area (Å²) in [5.41, 5.74) is 7.00. The van der Waals surface area contributed by atoms with Crippen molar-refractivity contribution in [1.29, 1.82) is 0 Å². The molecule has 3 rings (SSSR count). The Bertz CT molecular complexity index is 790. The van der Waals surface area contributed by atoms with Gasteiger partial charge in [-0.25, -0.2) is 8.42 Å². The van der Waals surface area contributed by atoms with Crippen LogP contribution in [0.3, 0.4) is 0 Å². The molecule has 0 aliphatic carbocycles. The molecule has 8 heteroatoms. The first-order chi connectivity index (χ1) is 12.6.